The molecule has 1 aliphatic carbocycles. The molecule has 0 amide bonds. The van der Waals surface area contributed by atoms with E-state index in [4.69, 9.17) is 0 Å². The maximum Gasteiger partial charge on any atom is 0 e. The van der Waals surface area contributed by atoms with Crippen molar-refractivity contribution in [1.82, 2.24) is 0 Å². The van der Waals surface area contributed by atoms with Crippen LogP contribution < -0.4 is 0 Å². The van der Waals surface area contributed by atoms with E-state index in [1.807, 2.05) is 6.07 Å². The Kier molecular flexibility index (Phi) is 9.59. The van der Waals surface area contributed by atoms with Crippen LogP contribution >= 0.6 is 24.8 Å². The maximum absolute atomic E-state index is 3.39. The maximum atomic E-state index is 3.39. The molecule has 1 unspecified atom stereocenters. The van der Waals surface area contributed by atoms with Crippen LogP contribution in [0.4, 0.5) is 0 Å². The van der Waals surface area contributed by atoms with Gasteiger partial charge in [0.25, 0.3) is 0 Å². The number of hydrogen-bond donors (Lipinski definition) is 0. The fourth-order valence-corrected chi connectivity index (χ4v) is 1.77. The van der Waals surface area contributed by atoms with Gasteiger partial charge in [-0.15, -0.1) is 30.4 Å². The van der Waals surface area contributed by atoms with Crippen molar-refractivity contribution in [3.63, 3.8) is 0 Å². The van der Waals surface area contributed by atoms with E-state index in [-0.39, 0.29) is 51.0 Å². The van der Waals surface area contributed by atoms with Gasteiger partial charge in [0, 0.05) is 26.2 Å². The molecule has 0 aliphatic heterocycles. The number of halogens is 2. The standard InChI is InChI=1S/C13H13.2ClH.Zr/c1-10-8-11(2)13(9-10)12-6-4-3-5-7-12;;;/h3-7,9-10H,1-2H3;2*1H;/q-1;;;. The molecule has 0 radical (unpaired) electrons. The normalized spacial score (nSPS) is 17.2. The number of allylic oxidation sites excluding steroid dienone is 4. The van der Waals surface area contributed by atoms with Gasteiger partial charge >= 0.3 is 0 Å². The van der Waals surface area contributed by atoms with E-state index in [1.54, 1.807) is 0 Å². The number of hydrogen-bond acceptors (Lipinski definition) is 0. The summed E-state index contributed by atoms with van der Waals surface area (Å²) in [6.07, 6.45) is 5.66. The van der Waals surface area contributed by atoms with Crippen LogP contribution in [0.5, 0.6) is 0 Å². The SMILES string of the molecule is CC1=[C-]C(C)C=C1c1ccccc1.Cl.Cl.[Zr]. The largest absolute Gasteiger partial charge is 0.266 e. The van der Waals surface area contributed by atoms with E-state index in [0.717, 1.165) is 0 Å². The third kappa shape index (κ3) is 4.20. The van der Waals surface area contributed by atoms with Crippen molar-refractivity contribution >= 4 is 30.4 Å². The van der Waals surface area contributed by atoms with E-state index in [9.17, 15) is 0 Å². The molecule has 0 fully saturated rings. The van der Waals surface area contributed by atoms with Crippen molar-refractivity contribution in [3.8, 4) is 0 Å². The van der Waals surface area contributed by atoms with Crippen molar-refractivity contribution < 1.29 is 26.2 Å². The molecule has 16 heavy (non-hydrogen) atoms. The molecule has 0 N–H and O–H groups in total. The van der Waals surface area contributed by atoms with Crippen LogP contribution in [0.2, 0.25) is 0 Å². The predicted octanol–water partition coefficient (Wildman–Crippen LogP) is 4.31. The van der Waals surface area contributed by atoms with Gasteiger partial charge in [-0.05, 0) is 0 Å². The molecule has 0 spiro atoms. The van der Waals surface area contributed by atoms with Crippen molar-refractivity contribution in [2.24, 2.45) is 5.92 Å². The molecular weight excluding hydrogens is 318 g/mol. The fourth-order valence-electron chi connectivity index (χ4n) is 1.77. The average Bonchev–Trinajstić information content (AvgIpc) is 2.47. The van der Waals surface area contributed by atoms with E-state index < -0.39 is 0 Å². The summed E-state index contributed by atoms with van der Waals surface area (Å²) < 4.78 is 0. The van der Waals surface area contributed by atoms with Gasteiger partial charge in [0.2, 0.25) is 0 Å². The van der Waals surface area contributed by atoms with Crippen LogP contribution in [0.25, 0.3) is 5.57 Å². The molecule has 86 valence electrons. The van der Waals surface area contributed by atoms with Gasteiger partial charge in [0.05, 0.1) is 0 Å². The van der Waals surface area contributed by atoms with Gasteiger partial charge in [0.15, 0.2) is 0 Å². The fraction of sp³-hybridized carbons (Fsp3) is 0.231. The first-order valence-electron chi connectivity index (χ1n) is 4.65. The molecule has 0 bridgehead atoms. The molecule has 0 saturated heterocycles. The summed E-state index contributed by atoms with van der Waals surface area (Å²) in [5, 5.41) is 0. The minimum Gasteiger partial charge on any atom is -0.266 e. The van der Waals surface area contributed by atoms with Crippen molar-refractivity contribution in [2.75, 3.05) is 0 Å². The Morgan fingerprint density at radius 2 is 1.62 bits per heavy atom. The van der Waals surface area contributed by atoms with E-state index in [1.165, 1.54) is 16.7 Å². The summed E-state index contributed by atoms with van der Waals surface area (Å²) in [5.74, 6) is 0.468. The van der Waals surface area contributed by atoms with Crippen molar-refractivity contribution in [3.05, 3.63) is 53.6 Å². The summed E-state index contributed by atoms with van der Waals surface area (Å²) in [6.45, 7) is 4.29. The van der Waals surface area contributed by atoms with Gasteiger partial charge < -0.3 is 0 Å². The summed E-state index contributed by atoms with van der Waals surface area (Å²) in [7, 11) is 0. The summed E-state index contributed by atoms with van der Waals surface area (Å²) in [4.78, 5) is 0. The van der Waals surface area contributed by atoms with Crippen LogP contribution in [-0.2, 0) is 26.2 Å². The molecule has 0 nitrogen and oxygen atoms in total. The average molecular weight is 333 g/mol. The van der Waals surface area contributed by atoms with Crippen LogP contribution in [0.3, 0.4) is 0 Å². The molecule has 1 aromatic carbocycles. The topological polar surface area (TPSA) is 0 Å². The first-order valence-corrected chi connectivity index (χ1v) is 4.65. The van der Waals surface area contributed by atoms with E-state index >= 15 is 0 Å². The summed E-state index contributed by atoms with van der Waals surface area (Å²) >= 11 is 0. The number of benzene rings is 1. The first kappa shape index (κ1) is 18.5. The van der Waals surface area contributed by atoms with Gasteiger partial charge in [-0.3, -0.25) is 6.08 Å². The predicted molar refractivity (Wildman–Crippen MR) is 70.5 cm³/mol. The zero-order chi connectivity index (χ0) is 9.26. The Bertz CT molecular complexity index is 369. The monoisotopic (exact) mass is 331 g/mol. The molecule has 3 heteroatoms. The molecule has 0 heterocycles. The van der Waals surface area contributed by atoms with Gasteiger partial charge in [-0.2, -0.15) is 11.6 Å². The second-order valence-electron chi connectivity index (χ2n) is 3.50. The van der Waals surface area contributed by atoms with Crippen molar-refractivity contribution in [2.45, 2.75) is 13.8 Å². The molecule has 1 aliphatic rings. The molecular formula is C13H15Cl2Zr-. The molecule has 1 aromatic rings. The second-order valence-corrected chi connectivity index (χ2v) is 3.50. The third-order valence-electron chi connectivity index (χ3n) is 2.35. The van der Waals surface area contributed by atoms with Crippen molar-refractivity contribution in [1.29, 1.82) is 0 Å². The molecule has 2 rings (SSSR count). The Hall–Kier alpha value is 0.163. The van der Waals surface area contributed by atoms with Crippen LogP contribution in [0.15, 0.2) is 42.0 Å². The van der Waals surface area contributed by atoms with E-state index in [0.29, 0.717) is 5.92 Å². The number of rotatable bonds is 1. The summed E-state index contributed by atoms with van der Waals surface area (Å²) in [6, 6.07) is 10.5. The van der Waals surface area contributed by atoms with E-state index in [2.05, 4.69) is 50.3 Å². The molecule has 0 saturated carbocycles. The van der Waals surface area contributed by atoms with Crippen LogP contribution in [-0.4, -0.2) is 0 Å². The minimum absolute atomic E-state index is 0. The van der Waals surface area contributed by atoms with Gasteiger partial charge in [-0.25, -0.2) is 5.57 Å². The zero-order valence-electron chi connectivity index (χ0n) is 9.36. The van der Waals surface area contributed by atoms with Gasteiger partial charge in [0.1, 0.15) is 0 Å². The Balaban J connectivity index is 0. The zero-order valence-corrected chi connectivity index (χ0v) is 13.4. The molecule has 1 atom stereocenters. The Morgan fingerprint density at radius 1 is 1.06 bits per heavy atom. The third-order valence-corrected chi connectivity index (χ3v) is 2.35. The second kappa shape index (κ2) is 8.28. The quantitative estimate of drug-likeness (QED) is 0.672. The minimum atomic E-state index is 0. The first-order chi connectivity index (χ1) is 6.27. The smallest absolute Gasteiger partial charge is 0 e. The Labute approximate surface area is 129 Å². The molecule has 0 aromatic heterocycles. The van der Waals surface area contributed by atoms with Gasteiger partial charge in [-0.1, -0.05) is 50.1 Å². The summed E-state index contributed by atoms with van der Waals surface area (Å²) in [5.41, 5.74) is 3.92. The van der Waals surface area contributed by atoms with Crippen LogP contribution in [0, 0.1) is 12.0 Å². The van der Waals surface area contributed by atoms with Crippen LogP contribution in [0.1, 0.15) is 19.4 Å². The Morgan fingerprint density at radius 3 is 2.06 bits per heavy atom.